The average Bonchev–Trinajstić information content (AvgIpc) is 2.83. The Labute approximate surface area is 104 Å². The van der Waals surface area contributed by atoms with E-state index in [9.17, 15) is 0 Å². The first-order chi connectivity index (χ1) is 7.64. The summed E-state index contributed by atoms with van der Waals surface area (Å²) in [5.74, 6) is 0.623. The summed E-state index contributed by atoms with van der Waals surface area (Å²) in [5, 5.41) is 4.45. The highest BCUT2D eigenvalue weighted by Crippen LogP contribution is 2.35. The molecule has 0 bridgehead atoms. The standard InChI is InChI=1S/C10H17N3OS2/c1-10(4-3-5-14-10)6-12-9-7(15-2)8(11)13-16-9/h12H,3-6H2,1-2H3,(H2,11,13). The molecule has 0 aliphatic carbocycles. The lowest BCUT2D eigenvalue weighted by Crippen LogP contribution is -2.32. The molecule has 3 N–H and O–H groups in total. The zero-order valence-corrected chi connectivity index (χ0v) is 11.2. The molecule has 16 heavy (non-hydrogen) atoms. The van der Waals surface area contributed by atoms with Gasteiger partial charge in [-0.15, -0.1) is 11.8 Å². The van der Waals surface area contributed by atoms with Crippen LogP contribution in [-0.4, -0.2) is 29.4 Å². The molecule has 1 atom stereocenters. The molecule has 1 aromatic rings. The summed E-state index contributed by atoms with van der Waals surface area (Å²) >= 11 is 3.05. The minimum absolute atomic E-state index is 0.0333. The molecule has 1 aromatic heterocycles. The maximum absolute atomic E-state index is 5.78. The Kier molecular flexibility index (Phi) is 3.61. The van der Waals surface area contributed by atoms with Crippen molar-refractivity contribution in [3.05, 3.63) is 0 Å². The van der Waals surface area contributed by atoms with E-state index in [1.165, 1.54) is 11.5 Å². The molecule has 0 radical (unpaired) electrons. The lowest BCUT2D eigenvalue weighted by molar-refractivity contribution is 0.0315. The molecule has 0 aromatic carbocycles. The number of thioether (sulfide) groups is 1. The molecule has 0 saturated carbocycles. The van der Waals surface area contributed by atoms with Crippen LogP contribution in [0.3, 0.4) is 0 Å². The van der Waals surface area contributed by atoms with Crippen molar-refractivity contribution in [2.45, 2.75) is 30.3 Å². The Morgan fingerprint density at radius 2 is 2.50 bits per heavy atom. The van der Waals surface area contributed by atoms with E-state index in [1.54, 1.807) is 11.8 Å². The van der Waals surface area contributed by atoms with E-state index in [0.29, 0.717) is 5.82 Å². The molecular formula is C10H17N3OS2. The van der Waals surface area contributed by atoms with Crippen LogP contribution >= 0.6 is 23.3 Å². The maximum Gasteiger partial charge on any atom is 0.153 e. The molecular weight excluding hydrogens is 242 g/mol. The quantitative estimate of drug-likeness (QED) is 0.813. The second kappa shape index (κ2) is 4.81. The van der Waals surface area contributed by atoms with Gasteiger partial charge < -0.3 is 15.8 Å². The molecule has 6 heteroatoms. The smallest absolute Gasteiger partial charge is 0.153 e. The molecule has 1 aliphatic rings. The number of nitrogens with one attached hydrogen (secondary N) is 1. The Hall–Kier alpha value is -0.460. The highest BCUT2D eigenvalue weighted by Gasteiger charge is 2.29. The number of anilines is 2. The van der Waals surface area contributed by atoms with Crippen molar-refractivity contribution in [3.63, 3.8) is 0 Å². The van der Waals surface area contributed by atoms with Gasteiger partial charge >= 0.3 is 0 Å². The molecule has 0 amide bonds. The largest absolute Gasteiger partial charge is 0.382 e. The SMILES string of the molecule is CSc1c(N)nsc1NCC1(C)CCCO1. The van der Waals surface area contributed by atoms with E-state index in [4.69, 9.17) is 10.5 Å². The fraction of sp³-hybridized carbons (Fsp3) is 0.700. The minimum atomic E-state index is -0.0333. The predicted molar refractivity (Wildman–Crippen MR) is 70.4 cm³/mol. The van der Waals surface area contributed by atoms with Crippen LogP contribution in [-0.2, 0) is 4.74 Å². The van der Waals surface area contributed by atoms with Gasteiger partial charge in [-0.3, -0.25) is 0 Å². The van der Waals surface area contributed by atoms with Crippen molar-refractivity contribution < 1.29 is 4.74 Å². The zero-order valence-electron chi connectivity index (χ0n) is 9.58. The van der Waals surface area contributed by atoms with E-state index in [-0.39, 0.29) is 5.60 Å². The van der Waals surface area contributed by atoms with Crippen LogP contribution in [0.1, 0.15) is 19.8 Å². The van der Waals surface area contributed by atoms with Crippen molar-refractivity contribution in [1.82, 2.24) is 4.37 Å². The van der Waals surface area contributed by atoms with Crippen LogP contribution in [0.15, 0.2) is 4.90 Å². The lowest BCUT2D eigenvalue weighted by atomic mass is 10.0. The van der Waals surface area contributed by atoms with Crippen molar-refractivity contribution in [2.24, 2.45) is 0 Å². The molecule has 90 valence electrons. The van der Waals surface area contributed by atoms with Crippen LogP contribution in [0.25, 0.3) is 0 Å². The van der Waals surface area contributed by atoms with Crippen LogP contribution in [0, 0.1) is 0 Å². The van der Waals surface area contributed by atoms with Crippen molar-refractivity contribution >= 4 is 34.1 Å². The van der Waals surface area contributed by atoms with Crippen LogP contribution in [0.4, 0.5) is 10.8 Å². The summed E-state index contributed by atoms with van der Waals surface area (Å²) in [5.41, 5.74) is 5.74. The maximum atomic E-state index is 5.78. The van der Waals surface area contributed by atoms with Gasteiger partial charge in [0.15, 0.2) is 5.82 Å². The second-order valence-corrected chi connectivity index (χ2v) is 5.78. The summed E-state index contributed by atoms with van der Waals surface area (Å²) < 4.78 is 9.88. The highest BCUT2D eigenvalue weighted by atomic mass is 32.2. The van der Waals surface area contributed by atoms with Crippen molar-refractivity contribution in [3.8, 4) is 0 Å². The van der Waals surface area contributed by atoms with E-state index in [0.717, 1.165) is 35.9 Å². The Morgan fingerprint density at radius 3 is 3.12 bits per heavy atom. The lowest BCUT2D eigenvalue weighted by Gasteiger charge is -2.23. The fourth-order valence-electron chi connectivity index (χ4n) is 1.85. The monoisotopic (exact) mass is 259 g/mol. The highest BCUT2D eigenvalue weighted by molar-refractivity contribution is 7.99. The van der Waals surface area contributed by atoms with Gasteiger partial charge in [0.25, 0.3) is 0 Å². The molecule has 1 fully saturated rings. The molecule has 1 aliphatic heterocycles. The van der Waals surface area contributed by atoms with Gasteiger partial charge in [-0.05, 0) is 37.6 Å². The Balaban J connectivity index is 1.98. The van der Waals surface area contributed by atoms with Gasteiger partial charge in [0.05, 0.1) is 10.5 Å². The first kappa shape index (κ1) is 12.0. The zero-order chi connectivity index (χ0) is 11.6. The molecule has 2 rings (SSSR count). The van der Waals surface area contributed by atoms with E-state index < -0.39 is 0 Å². The number of nitrogens with zero attached hydrogens (tertiary/aromatic N) is 1. The first-order valence-electron chi connectivity index (χ1n) is 5.31. The average molecular weight is 259 g/mol. The first-order valence-corrected chi connectivity index (χ1v) is 7.31. The molecule has 0 spiro atoms. The van der Waals surface area contributed by atoms with E-state index in [2.05, 4.69) is 16.6 Å². The third-order valence-corrected chi connectivity index (χ3v) is 4.57. The fourth-order valence-corrected chi connectivity index (χ4v) is 3.38. The van der Waals surface area contributed by atoms with E-state index >= 15 is 0 Å². The third-order valence-electron chi connectivity index (χ3n) is 2.80. The van der Waals surface area contributed by atoms with Crippen LogP contribution < -0.4 is 11.1 Å². The summed E-state index contributed by atoms with van der Waals surface area (Å²) in [4.78, 5) is 1.05. The third kappa shape index (κ3) is 2.44. The normalized spacial score (nSPS) is 24.9. The van der Waals surface area contributed by atoms with Gasteiger partial charge in [-0.1, -0.05) is 0 Å². The molecule has 2 heterocycles. The Morgan fingerprint density at radius 1 is 1.69 bits per heavy atom. The summed E-state index contributed by atoms with van der Waals surface area (Å²) in [6.07, 6.45) is 4.28. The second-order valence-electron chi connectivity index (χ2n) is 4.19. The van der Waals surface area contributed by atoms with Crippen molar-refractivity contribution in [2.75, 3.05) is 30.5 Å². The molecule has 1 saturated heterocycles. The van der Waals surface area contributed by atoms with Gasteiger partial charge in [0.2, 0.25) is 0 Å². The number of ether oxygens (including phenoxy) is 1. The van der Waals surface area contributed by atoms with Crippen LogP contribution in [0.2, 0.25) is 0 Å². The number of hydrogen-bond acceptors (Lipinski definition) is 6. The topological polar surface area (TPSA) is 60.2 Å². The Bertz CT molecular complexity index is 361. The number of aromatic nitrogens is 1. The summed E-state index contributed by atoms with van der Waals surface area (Å²) in [6, 6.07) is 0. The summed E-state index contributed by atoms with van der Waals surface area (Å²) in [6.45, 7) is 3.84. The van der Waals surface area contributed by atoms with Gasteiger partial charge in [0.1, 0.15) is 5.00 Å². The molecule has 1 unspecified atom stereocenters. The van der Waals surface area contributed by atoms with E-state index in [1.807, 2.05) is 6.26 Å². The van der Waals surface area contributed by atoms with Gasteiger partial charge in [0, 0.05) is 13.2 Å². The van der Waals surface area contributed by atoms with Crippen LogP contribution in [0.5, 0.6) is 0 Å². The van der Waals surface area contributed by atoms with Crippen molar-refractivity contribution in [1.29, 1.82) is 0 Å². The number of rotatable bonds is 4. The van der Waals surface area contributed by atoms with Gasteiger partial charge in [-0.2, -0.15) is 4.37 Å². The summed E-state index contributed by atoms with van der Waals surface area (Å²) in [7, 11) is 0. The number of hydrogen-bond donors (Lipinski definition) is 2. The number of nitrogen functional groups attached to an aromatic ring is 1. The van der Waals surface area contributed by atoms with Gasteiger partial charge in [-0.25, -0.2) is 0 Å². The number of nitrogens with two attached hydrogens (primary N) is 1. The molecule has 4 nitrogen and oxygen atoms in total. The minimum Gasteiger partial charge on any atom is -0.382 e. The predicted octanol–water partition coefficient (Wildman–Crippen LogP) is 2.43.